The summed E-state index contributed by atoms with van der Waals surface area (Å²) >= 11 is 0. The van der Waals surface area contributed by atoms with Crippen LogP contribution in [0.2, 0.25) is 0 Å². The van der Waals surface area contributed by atoms with Crippen molar-refractivity contribution >= 4 is 21.9 Å². The van der Waals surface area contributed by atoms with Crippen LogP contribution in [0.5, 0.6) is 0 Å². The first-order valence-electron chi connectivity index (χ1n) is 13.8. The van der Waals surface area contributed by atoms with E-state index in [1.165, 1.54) is 11.6 Å². The Morgan fingerprint density at radius 2 is 1.70 bits per heavy atom. The van der Waals surface area contributed by atoms with Gasteiger partial charge in [-0.05, 0) is 36.0 Å². The van der Waals surface area contributed by atoms with Gasteiger partial charge in [-0.1, -0.05) is 53.3 Å². The van der Waals surface area contributed by atoms with Crippen molar-refractivity contribution in [2.24, 2.45) is 0 Å². The summed E-state index contributed by atoms with van der Waals surface area (Å²) in [6.45, 7) is 2.03. The third-order valence-electron chi connectivity index (χ3n) is 4.68. The van der Waals surface area contributed by atoms with Crippen LogP contribution in [0.15, 0.2) is 108 Å². The van der Waals surface area contributed by atoms with E-state index in [4.69, 9.17) is 15.4 Å². The van der Waals surface area contributed by atoms with Crippen LogP contribution in [0, 0.1) is 19.1 Å². The second kappa shape index (κ2) is 10.4. The number of nitrogens with zero attached hydrogens (tertiary/aromatic N) is 2. The van der Waals surface area contributed by atoms with Crippen molar-refractivity contribution in [1.82, 2.24) is 9.97 Å². The average Bonchev–Trinajstić information content (AvgIpc) is 3.37. The van der Waals surface area contributed by atoms with Crippen molar-refractivity contribution in [1.29, 1.82) is 0 Å². The van der Waals surface area contributed by atoms with E-state index in [2.05, 4.69) is 28.2 Å². The maximum absolute atomic E-state index is 8.14. The third-order valence-corrected chi connectivity index (χ3v) is 4.68. The van der Waals surface area contributed by atoms with Gasteiger partial charge < -0.3 is 14.4 Å². The number of fused-ring (bicyclic) bond motifs is 3. The van der Waals surface area contributed by atoms with Crippen LogP contribution in [0.25, 0.3) is 44.5 Å². The summed E-state index contributed by atoms with van der Waals surface area (Å²) in [7, 11) is 0. The number of rotatable bonds is 2. The predicted octanol–water partition coefficient (Wildman–Crippen LogP) is 7.30. The minimum atomic E-state index is -0.461. The molecule has 0 aliphatic rings. The molecule has 0 unspecified atom stereocenters. The molecule has 0 aliphatic heterocycles. The smallest absolute Gasteiger partial charge is 0.120 e. The molecule has 3 aromatic carbocycles. The normalized spacial score (nSPS) is 13.7. The van der Waals surface area contributed by atoms with E-state index in [1.54, 1.807) is 6.07 Å². The number of hydrogen-bond acceptors (Lipinski definition) is 3. The summed E-state index contributed by atoms with van der Waals surface area (Å²) in [6.07, 6.45) is 1.41. The topological polar surface area (TPSA) is 38.9 Å². The van der Waals surface area contributed by atoms with E-state index in [9.17, 15) is 0 Å². The van der Waals surface area contributed by atoms with Crippen molar-refractivity contribution in [3.63, 3.8) is 0 Å². The van der Waals surface area contributed by atoms with Crippen molar-refractivity contribution in [3.05, 3.63) is 121 Å². The number of hydrogen-bond donors (Lipinski definition) is 0. The van der Waals surface area contributed by atoms with Gasteiger partial charge in [0.05, 0.1) is 16.5 Å². The number of para-hydroxylation sites is 1. The fraction of sp³-hybridized carbons (Fsp3) is 0.0345. The fourth-order valence-corrected chi connectivity index (χ4v) is 3.16. The van der Waals surface area contributed by atoms with Gasteiger partial charge in [0, 0.05) is 37.9 Å². The summed E-state index contributed by atoms with van der Waals surface area (Å²) in [5.74, 6) is 0. The molecule has 6 aromatic rings. The molecule has 0 N–H and O–H groups in total. The van der Waals surface area contributed by atoms with Gasteiger partial charge in [0.1, 0.15) is 5.58 Å². The molecule has 1 radical (unpaired) electrons. The van der Waals surface area contributed by atoms with Gasteiger partial charge in [0.15, 0.2) is 0 Å². The Bertz CT molecular complexity index is 1890. The zero-order valence-corrected chi connectivity index (χ0v) is 19.7. The molecule has 0 amide bonds. The van der Waals surface area contributed by atoms with Crippen molar-refractivity contribution in [3.8, 4) is 22.5 Å². The molecule has 0 atom stereocenters. The Kier molecular flexibility index (Phi) is 4.56. The molecule has 163 valence electrons. The maximum atomic E-state index is 8.14. The van der Waals surface area contributed by atoms with E-state index < -0.39 is 24.3 Å². The molecule has 0 saturated heterocycles. The quantitative estimate of drug-likeness (QED) is 0.193. The predicted molar refractivity (Wildman–Crippen MR) is 129 cm³/mol. The van der Waals surface area contributed by atoms with Gasteiger partial charge >= 0.3 is 0 Å². The summed E-state index contributed by atoms with van der Waals surface area (Å²) in [5, 5.41) is 0.590. The van der Waals surface area contributed by atoms with E-state index >= 15 is 0 Å². The van der Waals surface area contributed by atoms with Gasteiger partial charge in [-0.15, -0.1) is 54.1 Å². The summed E-state index contributed by atoms with van der Waals surface area (Å²) in [4.78, 5) is 8.23. The third kappa shape index (κ3) is 4.93. The molecule has 0 saturated carbocycles. The molecule has 3 nitrogen and oxygen atoms in total. The van der Waals surface area contributed by atoms with Crippen LogP contribution >= 0.6 is 0 Å². The number of benzene rings is 3. The molecule has 0 spiro atoms. The zero-order chi connectivity index (χ0) is 28.7. The van der Waals surface area contributed by atoms with Gasteiger partial charge in [0.2, 0.25) is 0 Å². The average molecular weight is 613 g/mol. The minimum Gasteiger partial charge on any atom is -0.501 e. The van der Waals surface area contributed by atoms with E-state index in [-0.39, 0.29) is 72.1 Å². The Hall–Kier alpha value is -3.59. The molecule has 6 rings (SSSR count). The van der Waals surface area contributed by atoms with Crippen molar-refractivity contribution in [2.45, 2.75) is 6.92 Å². The molecule has 0 fully saturated rings. The number of aromatic nitrogens is 2. The van der Waals surface area contributed by atoms with Gasteiger partial charge in [-0.25, -0.2) is 0 Å². The number of aryl methyl sites for hydroxylation is 1. The molecule has 0 aliphatic carbocycles. The van der Waals surface area contributed by atoms with Crippen LogP contribution in [-0.4, -0.2) is 9.97 Å². The van der Waals surface area contributed by atoms with Gasteiger partial charge in [0.25, 0.3) is 0 Å². The van der Waals surface area contributed by atoms with Crippen molar-refractivity contribution < 1.29 is 35.5 Å². The van der Waals surface area contributed by atoms with E-state index in [0.717, 1.165) is 11.3 Å². The molecule has 3 heterocycles. The SMILES string of the molecule is Cc1ccc(-c2[c-]cccc2)nc1.[2H]c1nc(-c2[c-]ccc3c2oc2c([2H])c([2H])c([2H])c([2H])c23)c([2H])c([2H])c1[2H].[Ir]. The molecule has 33 heavy (non-hydrogen) atoms. The number of pyridine rings is 2. The first kappa shape index (κ1) is 14.5. The monoisotopic (exact) mass is 613 g/mol. The van der Waals surface area contributed by atoms with E-state index in [0.29, 0.717) is 5.39 Å². The van der Waals surface area contributed by atoms with Gasteiger partial charge in [-0.3, -0.25) is 0 Å². The van der Waals surface area contributed by atoms with Gasteiger partial charge in [-0.2, -0.15) is 0 Å². The summed E-state index contributed by atoms with van der Waals surface area (Å²) < 4.78 is 68.8. The Morgan fingerprint density at radius 3 is 2.52 bits per heavy atom. The molecular formula is C29H20IrN2O-2. The first-order chi connectivity index (χ1) is 19.1. The minimum absolute atomic E-state index is 0. The van der Waals surface area contributed by atoms with Crippen LogP contribution in [0.4, 0.5) is 0 Å². The fourth-order valence-electron chi connectivity index (χ4n) is 3.16. The van der Waals surface area contributed by atoms with Crippen molar-refractivity contribution in [2.75, 3.05) is 0 Å². The van der Waals surface area contributed by atoms with Crippen LogP contribution < -0.4 is 0 Å². The maximum Gasteiger partial charge on any atom is 0.120 e. The summed E-state index contributed by atoms with van der Waals surface area (Å²) in [6, 6.07) is 18.4. The number of furan rings is 1. The second-order valence-electron chi connectivity index (χ2n) is 6.85. The molecule has 4 heteroatoms. The zero-order valence-electron chi connectivity index (χ0n) is 25.3. The van der Waals surface area contributed by atoms with Crippen LogP contribution in [0.1, 0.15) is 16.5 Å². The molecule has 0 bridgehead atoms. The molecular weight excluding hydrogens is 585 g/mol. The largest absolute Gasteiger partial charge is 0.501 e. The molecule has 3 aromatic heterocycles. The Labute approximate surface area is 217 Å². The standard InChI is InChI=1S/C17H10NO.C12H10N.Ir/c1-2-10-16-12(6-1)13-7-5-8-14(17(13)19-16)15-9-3-4-11-18-15;1-10-7-8-12(13-9-10)11-5-3-2-4-6-11;/h1-7,9-11H;2-5,7-9H,1H3;/q2*-1;/i1D,2D,3D,4D,6D,9D,10D,11D;;. The first-order valence-corrected chi connectivity index (χ1v) is 9.77. The van der Waals surface area contributed by atoms with E-state index in [1.807, 2.05) is 43.5 Å². The summed E-state index contributed by atoms with van der Waals surface area (Å²) in [5.41, 5.74) is 3.40. The van der Waals surface area contributed by atoms with Crippen LogP contribution in [0.3, 0.4) is 0 Å². The Morgan fingerprint density at radius 1 is 0.818 bits per heavy atom. The second-order valence-corrected chi connectivity index (χ2v) is 6.85. The van der Waals surface area contributed by atoms with Crippen LogP contribution in [-0.2, 0) is 20.1 Å². The Balaban J connectivity index is 0.000000233.